The third-order valence-corrected chi connectivity index (χ3v) is 1.15. The number of hydrogen-bond donors (Lipinski definition) is 0. The Morgan fingerprint density at radius 1 is 1.55 bits per heavy atom. The fourth-order valence-corrected chi connectivity index (χ4v) is 0.716. The molecule has 0 unspecified atom stereocenters. The first-order valence-corrected chi connectivity index (χ1v) is 3.22. The van der Waals surface area contributed by atoms with Crippen molar-refractivity contribution in [3.8, 4) is 11.8 Å². The van der Waals surface area contributed by atoms with Gasteiger partial charge in [-0.15, -0.1) is 0 Å². The second-order valence-electron chi connectivity index (χ2n) is 2.05. The van der Waals surface area contributed by atoms with Crippen molar-refractivity contribution < 1.29 is 4.79 Å². The van der Waals surface area contributed by atoms with Crippen molar-refractivity contribution in [2.75, 3.05) is 0 Å². The fraction of sp³-hybridized carbons (Fsp3) is 0.111. The van der Waals surface area contributed by atoms with E-state index in [9.17, 15) is 4.79 Å². The van der Waals surface area contributed by atoms with E-state index in [2.05, 4.69) is 16.8 Å². The molecule has 54 valence electrons. The van der Waals surface area contributed by atoms with Crippen LogP contribution >= 0.6 is 0 Å². The molecule has 0 saturated heterocycles. The molecule has 0 atom stereocenters. The van der Waals surface area contributed by atoms with Crippen LogP contribution in [0.5, 0.6) is 0 Å². The zero-order chi connectivity index (χ0) is 8.10. The number of aromatic nitrogens is 1. The predicted molar refractivity (Wildman–Crippen MR) is 41.9 cm³/mol. The van der Waals surface area contributed by atoms with Gasteiger partial charge < -0.3 is 0 Å². The molecular formula is C9H7NO. The van der Waals surface area contributed by atoms with Gasteiger partial charge in [0.1, 0.15) is 5.69 Å². The second kappa shape index (κ2) is 3.52. The minimum Gasteiger partial charge on any atom is -0.289 e. The van der Waals surface area contributed by atoms with E-state index in [4.69, 9.17) is 0 Å². The summed E-state index contributed by atoms with van der Waals surface area (Å²) >= 11 is 0. The molecule has 2 heteroatoms. The molecule has 11 heavy (non-hydrogen) atoms. The Morgan fingerprint density at radius 2 is 2.36 bits per heavy atom. The highest BCUT2D eigenvalue weighted by atomic mass is 16.1. The minimum atomic E-state index is 0.560. The summed E-state index contributed by atoms with van der Waals surface area (Å²) in [6.45, 7) is 1.88. The molecule has 0 aliphatic rings. The summed E-state index contributed by atoms with van der Waals surface area (Å²) in [4.78, 5) is 13.9. The van der Waals surface area contributed by atoms with Crippen LogP contribution in [0.15, 0.2) is 18.2 Å². The van der Waals surface area contributed by atoms with Gasteiger partial charge in [-0.25, -0.2) is 4.98 Å². The first-order chi connectivity index (χ1) is 5.33. The van der Waals surface area contributed by atoms with Crippen molar-refractivity contribution in [2.45, 2.75) is 6.92 Å². The van der Waals surface area contributed by atoms with Gasteiger partial charge in [0, 0.05) is 5.69 Å². The van der Waals surface area contributed by atoms with E-state index in [0.717, 1.165) is 5.69 Å². The topological polar surface area (TPSA) is 30.0 Å². The Bertz CT molecular complexity index is 320. The number of pyridine rings is 1. The Hall–Kier alpha value is -1.62. The van der Waals surface area contributed by atoms with Gasteiger partial charge in [-0.3, -0.25) is 4.79 Å². The molecule has 0 N–H and O–H groups in total. The number of carbonyl (C=O) groups is 1. The largest absolute Gasteiger partial charge is 0.289 e. The van der Waals surface area contributed by atoms with Crippen molar-refractivity contribution >= 4 is 6.29 Å². The summed E-state index contributed by atoms with van der Waals surface area (Å²) in [6, 6.07) is 5.51. The number of rotatable bonds is 0. The summed E-state index contributed by atoms with van der Waals surface area (Å²) < 4.78 is 0. The van der Waals surface area contributed by atoms with Crippen molar-refractivity contribution in [2.24, 2.45) is 0 Å². The number of hydrogen-bond acceptors (Lipinski definition) is 2. The Kier molecular flexibility index (Phi) is 2.40. The number of aryl methyl sites for hydroxylation is 1. The van der Waals surface area contributed by atoms with Gasteiger partial charge >= 0.3 is 0 Å². The van der Waals surface area contributed by atoms with Gasteiger partial charge in [-0.05, 0) is 30.9 Å². The summed E-state index contributed by atoms with van der Waals surface area (Å²) in [5, 5.41) is 0. The highest BCUT2D eigenvalue weighted by Gasteiger charge is 1.86. The van der Waals surface area contributed by atoms with Crippen LogP contribution in [0.4, 0.5) is 0 Å². The highest BCUT2D eigenvalue weighted by molar-refractivity contribution is 5.73. The van der Waals surface area contributed by atoms with E-state index >= 15 is 0 Å². The molecule has 0 radical (unpaired) electrons. The van der Waals surface area contributed by atoms with Crippen LogP contribution in [0.25, 0.3) is 0 Å². The Labute approximate surface area is 65.3 Å². The SMILES string of the molecule is Cc1cccc(C#CC=O)n1. The van der Waals surface area contributed by atoms with E-state index in [1.807, 2.05) is 19.1 Å². The molecular weight excluding hydrogens is 138 g/mol. The van der Waals surface area contributed by atoms with Gasteiger partial charge in [0.25, 0.3) is 0 Å². The van der Waals surface area contributed by atoms with Crippen LogP contribution in [0, 0.1) is 18.8 Å². The highest BCUT2D eigenvalue weighted by Crippen LogP contribution is 1.94. The summed E-state index contributed by atoms with van der Waals surface area (Å²) in [7, 11) is 0. The smallest absolute Gasteiger partial charge is 0.193 e. The van der Waals surface area contributed by atoms with Crippen molar-refractivity contribution in [1.82, 2.24) is 4.98 Å². The molecule has 0 aliphatic heterocycles. The van der Waals surface area contributed by atoms with E-state index in [1.54, 1.807) is 6.07 Å². The van der Waals surface area contributed by atoms with Crippen molar-refractivity contribution in [3.63, 3.8) is 0 Å². The third kappa shape index (κ3) is 2.23. The zero-order valence-corrected chi connectivity index (χ0v) is 6.16. The lowest BCUT2D eigenvalue weighted by atomic mass is 10.3. The maximum absolute atomic E-state index is 9.86. The standard InChI is InChI=1S/C9H7NO/c1-8-4-2-5-9(10-8)6-3-7-11/h2,4-5,7H,1H3. The molecule has 1 rings (SSSR count). The number of carbonyl (C=O) groups excluding carboxylic acids is 1. The molecule has 0 aromatic carbocycles. The van der Waals surface area contributed by atoms with Gasteiger partial charge in [0.2, 0.25) is 0 Å². The lowest BCUT2D eigenvalue weighted by Gasteiger charge is -1.90. The molecule has 0 fully saturated rings. The number of aldehydes is 1. The quantitative estimate of drug-likeness (QED) is 0.401. The summed E-state index contributed by atoms with van der Waals surface area (Å²) in [5.41, 5.74) is 1.54. The monoisotopic (exact) mass is 145 g/mol. The predicted octanol–water partition coefficient (Wildman–Crippen LogP) is 0.940. The molecule has 1 aromatic heterocycles. The van der Waals surface area contributed by atoms with Gasteiger partial charge in [-0.1, -0.05) is 6.07 Å². The van der Waals surface area contributed by atoms with Crippen LogP contribution in [0.3, 0.4) is 0 Å². The van der Waals surface area contributed by atoms with E-state index in [0.29, 0.717) is 12.0 Å². The van der Waals surface area contributed by atoms with Crippen LogP contribution in [0.1, 0.15) is 11.4 Å². The maximum Gasteiger partial charge on any atom is 0.193 e. The summed E-state index contributed by atoms with van der Waals surface area (Å²) in [6.07, 6.45) is 0.560. The first kappa shape index (κ1) is 7.49. The van der Waals surface area contributed by atoms with Gasteiger partial charge in [-0.2, -0.15) is 0 Å². The van der Waals surface area contributed by atoms with Gasteiger partial charge in [0.05, 0.1) is 0 Å². The normalized spacial score (nSPS) is 8.09. The van der Waals surface area contributed by atoms with Crippen LogP contribution < -0.4 is 0 Å². The molecule has 0 amide bonds. The average Bonchev–Trinajstić information content (AvgIpc) is 2.01. The Balaban J connectivity index is 2.96. The zero-order valence-electron chi connectivity index (χ0n) is 6.16. The van der Waals surface area contributed by atoms with E-state index in [-0.39, 0.29) is 0 Å². The van der Waals surface area contributed by atoms with E-state index < -0.39 is 0 Å². The lowest BCUT2D eigenvalue weighted by Crippen LogP contribution is -1.84. The average molecular weight is 145 g/mol. The molecule has 0 spiro atoms. The molecule has 0 saturated carbocycles. The lowest BCUT2D eigenvalue weighted by molar-refractivity contribution is -0.103. The summed E-state index contributed by atoms with van der Waals surface area (Å²) in [5.74, 6) is 4.90. The molecule has 1 heterocycles. The second-order valence-corrected chi connectivity index (χ2v) is 2.05. The minimum absolute atomic E-state index is 0.560. The van der Waals surface area contributed by atoms with Crippen LogP contribution in [-0.2, 0) is 4.79 Å². The van der Waals surface area contributed by atoms with Crippen molar-refractivity contribution in [1.29, 1.82) is 0 Å². The van der Waals surface area contributed by atoms with Crippen molar-refractivity contribution in [3.05, 3.63) is 29.6 Å². The number of nitrogens with zero attached hydrogens (tertiary/aromatic N) is 1. The molecule has 1 aromatic rings. The first-order valence-electron chi connectivity index (χ1n) is 3.22. The van der Waals surface area contributed by atoms with Crippen LogP contribution in [-0.4, -0.2) is 11.3 Å². The van der Waals surface area contributed by atoms with Crippen LogP contribution in [0.2, 0.25) is 0 Å². The maximum atomic E-state index is 9.86. The fourth-order valence-electron chi connectivity index (χ4n) is 0.716. The Morgan fingerprint density at radius 3 is 3.00 bits per heavy atom. The molecule has 2 nitrogen and oxygen atoms in total. The van der Waals surface area contributed by atoms with Gasteiger partial charge in [0.15, 0.2) is 6.29 Å². The van der Waals surface area contributed by atoms with E-state index in [1.165, 1.54) is 0 Å². The molecule has 0 aliphatic carbocycles. The molecule has 0 bridgehead atoms. The third-order valence-electron chi connectivity index (χ3n) is 1.15.